The Hall–Kier alpha value is -1.42. The minimum absolute atomic E-state index is 0.380. The van der Waals surface area contributed by atoms with Gasteiger partial charge in [0.1, 0.15) is 16.5 Å². The van der Waals surface area contributed by atoms with Crippen LogP contribution in [0.1, 0.15) is 30.3 Å². The standard InChI is InChI=1S/C11H11N3S/c12-10(15)9-8-3-1-2-6-14(8)11(13-9)7-4-5-7/h1-3,6-7H,4-5H2,(H2,12,15). The summed E-state index contributed by atoms with van der Waals surface area (Å²) in [5.41, 5.74) is 7.45. The quantitative estimate of drug-likeness (QED) is 0.781. The Morgan fingerprint density at radius 1 is 1.47 bits per heavy atom. The molecule has 1 fully saturated rings. The fraction of sp³-hybridized carbons (Fsp3) is 0.273. The van der Waals surface area contributed by atoms with Gasteiger partial charge in [-0.25, -0.2) is 4.98 Å². The van der Waals surface area contributed by atoms with E-state index in [4.69, 9.17) is 18.0 Å². The Kier molecular flexibility index (Phi) is 1.79. The molecule has 0 amide bonds. The van der Waals surface area contributed by atoms with Crippen molar-refractivity contribution < 1.29 is 0 Å². The van der Waals surface area contributed by atoms with E-state index in [-0.39, 0.29) is 0 Å². The normalized spacial score (nSPS) is 15.7. The second-order valence-corrected chi connectivity index (χ2v) is 4.35. The molecular weight excluding hydrogens is 206 g/mol. The first-order valence-electron chi connectivity index (χ1n) is 5.04. The van der Waals surface area contributed by atoms with Gasteiger partial charge >= 0.3 is 0 Å². The molecule has 2 heterocycles. The first-order valence-corrected chi connectivity index (χ1v) is 5.45. The van der Waals surface area contributed by atoms with Crippen molar-refractivity contribution in [1.29, 1.82) is 0 Å². The summed E-state index contributed by atoms with van der Waals surface area (Å²) in [6.07, 6.45) is 4.48. The van der Waals surface area contributed by atoms with Gasteiger partial charge in [-0.1, -0.05) is 18.3 Å². The van der Waals surface area contributed by atoms with Crippen LogP contribution in [0.3, 0.4) is 0 Å². The number of hydrogen-bond donors (Lipinski definition) is 1. The molecule has 2 N–H and O–H groups in total. The fourth-order valence-electron chi connectivity index (χ4n) is 1.87. The Morgan fingerprint density at radius 2 is 2.27 bits per heavy atom. The number of pyridine rings is 1. The lowest BCUT2D eigenvalue weighted by Gasteiger charge is -1.97. The van der Waals surface area contributed by atoms with Crippen molar-refractivity contribution in [2.24, 2.45) is 5.73 Å². The average molecular weight is 217 g/mol. The number of aromatic nitrogens is 2. The van der Waals surface area contributed by atoms with E-state index in [0.717, 1.165) is 17.0 Å². The third kappa shape index (κ3) is 1.33. The molecule has 0 aromatic carbocycles. The van der Waals surface area contributed by atoms with Crippen molar-refractivity contribution in [2.75, 3.05) is 0 Å². The Bertz CT molecular complexity index is 540. The summed E-state index contributed by atoms with van der Waals surface area (Å²) in [4.78, 5) is 4.93. The van der Waals surface area contributed by atoms with Gasteiger partial charge < -0.3 is 10.1 Å². The van der Waals surface area contributed by atoms with Gasteiger partial charge in [-0.3, -0.25) is 0 Å². The molecule has 0 saturated heterocycles. The molecule has 1 saturated carbocycles. The lowest BCUT2D eigenvalue weighted by atomic mass is 10.3. The molecule has 3 rings (SSSR count). The largest absolute Gasteiger partial charge is 0.388 e. The summed E-state index contributed by atoms with van der Waals surface area (Å²) in [7, 11) is 0. The average Bonchev–Trinajstić information content (AvgIpc) is 2.99. The minimum Gasteiger partial charge on any atom is -0.388 e. The van der Waals surface area contributed by atoms with Crippen molar-refractivity contribution in [2.45, 2.75) is 18.8 Å². The number of nitrogens with zero attached hydrogens (tertiary/aromatic N) is 2. The van der Waals surface area contributed by atoms with E-state index in [1.165, 1.54) is 12.8 Å². The third-order valence-corrected chi connectivity index (χ3v) is 2.94. The van der Waals surface area contributed by atoms with Crippen LogP contribution >= 0.6 is 12.2 Å². The van der Waals surface area contributed by atoms with Crippen LogP contribution in [0.4, 0.5) is 0 Å². The van der Waals surface area contributed by atoms with Gasteiger partial charge in [0.05, 0.1) is 5.52 Å². The van der Waals surface area contributed by atoms with Gasteiger partial charge in [-0.2, -0.15) is 0 Å². The molecular formula is C11H11N3S. The summed E-state index contributed by atoms with van der Waals surface area (Å²) >= 11 is 5.01. The predicted octanol–water partition coefficient (Wildman–Crippen LogP) is 1.85. The number of fused-ring (bicyclic) bond motifs is 1. The maximum Gasteiger partial charge on any atom is 0.124 e. The van der Waals surface area contributed by atoms with Gasteiger partial charge in [0.25, 0.3) is 0 Å². The molecule has 76 valence electrons. The molecule has 4 heteroatoms. The molecule has 1 aliphatic rings. The lowest BCUT2D eigenvalue weighted by molar-refractivity contribution is 0.920. The van der Waals surface area contributed by atoms with Gasteiger partial charge in [0, 0.05) is 12.1 Å². The fourth-order valence-corrected chi connectivity index (χ4v) is 2.02. The van der Waals surface area contributed by atoms with Crippen LogP contribution in [0.5, 0.6) is 0 Å². The molecule has 0 bridgehead atoms. The molecule has 0 aliphatic heterocycles. The second-order valence-electron chi connectivity index (χ2n) is 3.91. The monoisotopic (exact) mass is 217 g/mol. The number of imidazole rings is 1. The highest BCUT2D eigenvalue weighted by atomic mass is 32.1. The Morgan fingerprint density at radius 3 is 2.93 bits per heavy atom. The van der Waals surface area contributed by atoms with Gasteiger partial charge in [0.2, 0.25) is 0 Å². The molecule has 0 atom stereocenters. The van der Waals surface area contributed by atoms with Crippen molar-refractivity contribution in [3.63, 3.8) is 0 Å². The molecule has 0 radical (unpaired) electrons. The van der Waals surface area contributed by atoms with Crippen molar-refractivity contribution in [1.82, 2.24) is 9.38 Å². The van der Waals surface area contributed by atoms with Crippen molar-refractivity contribution >= 4 is 22.7 Å². The first-order chi connectivity index (χ1) is 7.27. The summed E-state index contributed by atoms with van der Waals surface area (Å²) in [6, 6.07) is 5.99. The highest BCUT2D eigenvalue weighted by Crippen LogP contribution is 2.39. The summed E-state index contributed by atoms with van der Waals surface area (Å²) < 4.78 is 2.10. The Labute approximate surface area is 92.9 Å². The number of nitrogens with two attached hydrogens (primary N) is 1. The lowest BCUT2D eigenvalue weighted by Crippen LogP contribution is -2.10. The topological polar surface area (TPSA) is 43.3 Å². The van der Waals surface area contributed by atoms with E-state index in [9.17, 15) is 0 Å². The molecule has 0 unspecified atom stereocenters. The number of thiocarbonyl (C=S) groups is 1. The first kappa shape index (κ1) is 8.85. The minimum atomic E-state index is 0.380. The van der Waals surface area contributed by atoms with Gasteiger partial charge in [0.15, 0.2) is 0 Å². The van der Waals surface area contributed by atoms with Crippen LogP contribution in [-0.4, -0.2) is 14.4 Å². The molecule has 2 aromatic heterocycles. The number of hydrogen-bond acceptors (Lipinski definition) is 2. The van der Waals surface area contributed by atoms with Crippen LogP contribution < -0.4 is 5.73 Å². The van der Waals surface area contributed by atoms with Crippen LogP contribution in [0, 0.1) is 0 Å². The van der Waals surface area contributed by atoms with Crippen LogP contribution in [0.25, 0.3) is 5.52 Å². The predicted molar refractivity (Wildman–Crippen MR) is 63.1 cm³/mol. The zero-order chi connectivity index (χ0) is 10.4. The molecule has 3 nitrogen and oxygen atoms in total. The van der Waals surface area contributed by atoms with Crippen molar-refractivity contribution in [3.05, 3.63) is 35.9 Å². The van der Waals surface area contributed by atoms with E-state index >= 15 is 0 Å². The van der Waals surface area contributed by atoms with E-state index < -0.39 is 0 Å². The zero-order valence-corrected chi connectivity index (χ0v) is 9.00. The van der Waals surface area contributed by atoms with Crippen LogP contribution in [0.2, 0.25) is 0 Å². The van der Waals surface area contributed by atoms with E-state index in [0.29, 0.717) is 10.9 Å². The summed E-state index contributed by atoms with van der Waals surface area (Å²) in [5, 5.41) is 0. The summed E-state index contributed by atoms with van der Waals surface area (Å²) in [5.74, 6) is 1.70. The highest BCUT2D eigenvalue weighted by molar-refractivity contribution is 7.80. The maximum absolute atomic E-state index is 5.67. The van der Waals surface area contributed by atoms with E-state index in [1.807, 2.05) is 24.4 Å². The highest BCUT2D eigenvalue weighted by Gasteiger charge is 2.29. The maximum atomic E-state index is 5.67. The summed E-state index contributed by atoms with van der Waals surface area (Å²) in [6.45, 7) is 0. The molecule has 15 heavy (non-hydrogen) atoms. The second kappa shape index (κ2) is 3.03. The molecule has 1 aliphatic carbocycles. The Balaban J connectivity index is 2.32. The van der Waals surface area contributed by atoms with Crippen LogP contribution in [-0.2, 0) is 0 Å². The third-order valence-electron chi connectivity index (χ3n) is 2.75. The van der Waals surface area contributed by atoms with Gasteiger partial charge in [-0.15, -0.1) is 0 Å². The molecule has 0 spiro atoms. The smallest absolute Gasteiger partial charge is 0.124 e. The van der Waals surface area contributed by atoms with E-state index in [2.05, 4.69) is 9.38 Å². The zero-order valence-electron chi connectivity index (χ0n) is 8.18. The van der Waals surface area contributed by atoms with Gasteiger partial charge in [-0.05, 0) is 25.0 Å². The SMILES string of the molecule is NC(=S)c1nc(C2CC2)n2ccccc12. The van der Waals surface area contributed by atoms with Crippen molar-refractivity contribution in [3.8, 4) is 0 Å². The molecule has 2 aromatic rings. The number of rotatable bonds is 2. The van der Waals surface area contributed by atoms with E-state index in [1.54, 1.807) is 0 Å². The van der Waals surface area contributed by atoms with Crippen LogP contribution in [0.15, 0.2) is 24.4 Å².